The fraction of sp³-hybridized carbons (Fsp3) is 0.278. The van der Waals surface area contributed by atoms with Crippen LogP contribution >= 0.6 is 0 Å². The van der Waals surface area contributed by atoms with Crippen molar-refractivity contribution in [3.63, 3.8) is 0 Å². The Hall–Kier alpha value is -3.73. The topological polar surface area (TPSA) is 111 Å². The molecule has 2 aromatic carbocycles. The van der Waals surface area contributed by atoms with Crippen molar-refractivity contribution in [1.82, 2.24) is 9.97 Å². The SMILES string of the molecule is [CH-]=C/C(=C\[C-]=NC=[N-])Oc1ccc(Nc2ncnc3cc4c(cc23)N2CCCC(CCC(=O)/C=C/[CH2-])[C@H](CO4)C2)cc1C.[CH3-].[CH3-].[Li+].[Li+]. The summed E-state index contributed by atoms with van der Waals surface area (Å²) in [5.41, 5.74) is 3.54. The van der Waals surface area contributed by atoms with Gasteiger partial charge >= 0.3 is 37.7 Å². The van der Waals surface area contributed by atoms with Gasteiger partial charge in [-0.2, -0.15) is 12.2 Å². The molecule has 0 aliphatic carbocycles. The Labute approximate surface area is 303 Å². The van der Waals surface area contributed by atoms with Gasteiger partial charge in [-0.1, -0.05) is 0 Å². The van der Waals surface area contributed by atoms with Crippen LogP contribution in [-0.2, 0) is 4.79 Å². The van der Waals surface area contributed by atoms with Crippen LogP contribution in [0.1, 0.15) is 31.2 Å². The van der Waals surface area contributed by atoms with E-state index in [0.29, 0.717) is 48.5 Å². The fourth-order valence-corrected chi connectivity index (χ4v) is 5.72. The molecule has 0 spiro atoms. The summed E-state index contributed by atoms with van der Waals surface area (Å²) < 4.78 is 12.2. The number of fused-ring (bicyclic) bond motifs is 5. The molecule has 2 aliphatic heterocycles. The van der Waals surface area contributed by atoms with Gasteiger partial charge in [0.25, 0.3) is 0 Å². The number of allylic oxidation sites excluding steroid dienone is 4. The number of benzene rings is 2. The number of carbonyl (C=O) groups excluding carboxylic acids is 1. The largest absolute Gasteiger partial charge is 1.00 e. The van der Waals surface area contributed by atoms with E-state index >= 15 is 0 Å². The van der Waals surface area contributed by atoms with E-state index in [2.05, 4.69) is 44.4 Å². The molecule has 0 saturated carbocycles. The Kier molecular flexibility index (Phi) is 17.4. The zero-order chi connectivity index (χ0) is 30.2. The third kappa shape index (κ3) is 10.4. The number of ether oxygens (including phenoxy) is 2. The second-order valence-electron chi connectivity index (χ2n) is 10.7. The molecule has 2 atom stereocenters. The van der Waals surface area contributed by atoms with Crippen molar-refractivity contribution in [2.45, 2.75) is 32.6 Å². The Morgan fingerprint density at radius 1 is 1.28 bits per heavy atom. The van der Waals surface area contributed by atoms with Gasteiger partial charge < -0.3 is 49.7 Å². The summed E-state index contributed by atoms with van der Waals surface area (Å²) in [6.45, 7) is 13.7. The second kappa shape index (κ2) is 19.8. The van der Waals surface area contributed by atoms with E-state index in [1.54, 1.807) is 18.5 Å². The molecule has 0 radical (unpaired) electrons. The first-order chi connectivity index (χ1) is 21.0. The summed E-state index contributed by atoms with van der Waals surface area (Å²) in [5, 5.41) is 13.0. The second-order valence-corrected chi connectivity index (χ2v) is 10.7. The molecule has 238 valence electrons. The maximum atomic E-state index is 12.1. The molecule has 47 heavy (non-hydrogen) atoms. The Bertz CT molecular complexity index is 1610. The predicted molar refractivity (Wildman–Crippen MR) is 184 cm³/mol. The minimum absolute atomic E-state index is 0. The van der Waals surface area contributed by atoms with E-state index in [-0.39, 0.29) is 58.4 Å². The summed E-state index contributed by atoms with van der Waals surface area (Å²) in [4.78, 5) is 27.1. The molecule has 1 N–H and O–H groups in total. The Morgan fingerprint density at radius 2 is 2.09 bits per heavy atom. The molecule has 0 amide bonds. The molecule has 5 rings (SSSR count). The van der Waals surface area contributed by atoms with Crippen molar-refractivity contribution in [3.8, 4) is 11.5 Å². The molecule has 1 aromatic heterocycles. The maximum Gasteiger partial charge on any atom is 1.00 e. The first kappa shape index (κ1) is 41.3. The summed E-state index contributed by atoms with van der Waals surface area (Å²) >= 11 is 0. The van der Waals surface area contributed by atoms with E-state index in [9.17, 15) is 4.79 Å². The standard InChI is InChI=1S/C34H34N6O3.2CH3.2Li/c1-4-7-27(41)11-9-24-8-6-15-40-19-25(24)20-42-33-18-30-29(17-31(33)40)34(38-22-37-30)39-26-10-12-32(23(3)16-26)43-28(5-2)13-14-36-21-35;;;;/h2,4-5,7,10,12-13,16-18,21-22,24-25H,1,6,8-9,11,15,19-20H2,3H3,(H,37,38,39);2*1H3;;/q-4;2*-1;2*+1/b7-4+,28-13+;;;;/t24?,25-;;;;/m0..../s1. The van der Waals surface area contributed by atoms with Crippen LogP contribution in [0.4, 0.5) is 17.2 Å². The van der Waals surface area contributed by atoms with Crippen LogP contribution in [0, 0.1) is 47.1 Å². The van der Waals surface area contributed by atoms with Gasteiger partial charge in [0.05, 0.1) is 23.6 Å². The number of aryl methyl sites for hydroxylation is 1. The number of ketones is 1. The van der Waals surface area contributed by atoms with E-state index in [4.69, 9.17) is 21.5 Å². The van der Waals surface area contributed by atoms with Crippen molar-refractivity contribution >= 4 is 46.4 Å². The first-order valence-corrected chi connectivity index (χ1v) is 14.4. The van der Waals surface area contributed by atoms with E-state index < -0.39 is 0 Å². The average Bonchev–Trinajstić information content (AvgIpc) is 3.32. The molecule has 1 fully saturated rings. The molecule has 1 saturated heterocycles. The summed E-state index contributed by atoms with van der Waals surface area (Å²) in [6.07, 6.45) is 14.1. The predicted octanol–water partition coefficient (Wildman–Crippen LogP) is 1.35. The van der Waals surface area contributed by atoms with Crippen LogP contribution in [-0.4, -0.2) is 48.0 Å². The van der Waals surface area contributed by atoms with Crippen LogP contribution < -0.4 is 57.4 Å². The number of hydrogen-bond acceptors (Lipinski definition) is 7. The quantitative estimate of drug-likeness (QED) is 0.0657. The maximum absolute atomic E-state index is 12.1. The number of nitrogens with zero attached hydrogens (tertiary/aromatic N) is 5. The Morgan fingerprint density at radius 3 is 2.81 bits per heavy atom. The number of aromatic nitrogens is 2. The van der Waals surface area contributed by atoms with E-state index in [1.165, 1.54) is 12.2 Å². The van der Waals surface area contributed by atoms with Crippen LogP contribution in [0.3, 0.4) is 0 Å². The molecular formula is C36H40Li2N6O3-4. The van der Waals surface area contributed by atoms with Crippen molar-refractivity contribution in [2.24, 2.45) is 16.8 Å². The molecule has 2 bridgehead atoms. The molecule has 2 aliphatic rings. The number of rotatable bonds is 11. The third-order valence-corrected chi connectivity index (χ3v) is 7.87. The number of aliphatic imine (C=N–C) groups is 1. The fourth-order valence-electron chi connectivity index (χ4n) is 5.72. The minimum Gasteiger partial charge on any atom is -0.577 e. The molecule has 3 heterocycles. The van der Waals surface area contributed by atoms with Crippen molar-refractivity contribution in [1.29, 1.82) is 0 Å². The summed E-state index contributed by atoms with van der Waals surface area (Å²) in [5.74, 6) is 3.37. The van der Waals surface area contributed by atoms with Crippen LogP contribution in [0.25, 0.3) is 16.3 Å². The zero-order valence-corrected chi connectivity index (χ0v) is 28.2. The summed E-state index contributed by atoms with van der Waals surface area (Å²) in [6, 6.07) is 9.82. The Balaban J connectivity index is 0.00000276. The monoisotopic (exact) mass is 618 g/mol. The van der Waals surface area contributed by atoms with Crippen LogP contribution in [0.2, 0.25) is 0 Å². The number of anilines is 3. The van der Waals surface area contributed by atoms with Gasteiger partial charge in [0.2, 0.25) is 0 Å². The number of nitrogens with one attached hydrogen (secondary N) is 1. The van der Waals surface area contributed by atoms with Crippen LogP contribution in [0.5, 0.6) is 11.5 Å². The molecule has 11 heteroatoms. The van der Waals surface area contributed by atoms with E-state index in [0.717, 1.165) is 65.9 Å². The summed E-state index contributed by atoms with van der Waals surface area (Å²) in [7, 11) is 0. The molecule has 9 nitrogen and oxygen atoms in total. The molecule has 3 aromatic rings. The number of carbonyl (C=O) groups is 1. The van der Waals surface area contributed by atoms with Crippen molar-refractivity contribution in [3.05, 3.63) is 106 Å². The van der Waals surface area contributed by atoms with Gasteiger partial charge in [-0.25, -0.2) is 35.5 Å². The average molecular weight is 619 g/mol. The smallest absolute Gasteiger partial charge is 0.577 e. The van der Waals surface area contributed by atoms with Crippen molar-refractivity contribution in [2.75, 3.05) is 29.9 Å². The minimum atomic E-state index is 0. The zero-order valence-electron chi connectivity index (χ0n) is 28.2. The van der Waals surface area contributed by atoms with Gasteiger partial charge in [0.15, 0.2) is 0 Å². The van der Waals surface area contributed by atoms with E-state index in [1.807, 2.05) is 31.2 Å². The van der Waals surface area contributed by atoms with Gasteiger partial charge in [0.1, 0.15) is 23.6 Å². The van der Waals surface area contributed by atoms with Gasteiger partial charge in [-0.15, -0.1) is 6.08 Å². The first-order valence-electron chi connectivity index (χ1n) is 14.4. The number of hydrogen-bond donors (Lipinski definition) is 1. The third-order valence-electron chi connectivity index (χ3n) is 7.87. The van der Waals surface area contributed by atoms with Crippen LogP contribution in [0.15, 0.2) is 71.7 Å². The molecule has 1 unspecified atom stereocenters. The van der Waals surface area contributed by atoms with Gasteiger partial charge in [0, 0.05) is 41.9 Å². The van der Waals surface area contributed by atoms with Gasteiger partial charge in [-0.05, 0) is 68.4 Å². The normalized spacial score (nSPS) is 17.0. The van der Waals surface area contributed by atoms with Crippen molar-refractivity contribution < 1.29 is 52.0 Å². The molecular weight excluding hydrogens is 578 g/mol. The van der Waals surface area contributed by atoms with Gasteiger partial charge in [-0.3, -0.25) is 6.58 Å².